The Morgan fingerprint density at radius 3 is 2.00 bits per heavy atom. The summed E-state index contributed by atoms with van der Waals surface area (Å²) in [6.07, 6.45) is 3.45. The summed E-state index contributed by atoms with van der Waals surface area (Å²) in [6, 6.07) is 0. The minimum atomic E-state index is 0. The molecule has 0 aromatic rings. The van der Waals surface area contributed by atoms with Crippen molar-refractivity contribution in [2.45, 2.75) is 12.8 Å². The molecule has 1 aliphatic heterocycles. The van der Waals surface area contributed by atoms with Crippen LogP contribution in [0.1, 0.15) is 14.3 Å². The average Bonchev–Trinajstić information content (AvgIpc) is 2.40. The van der Waals surface area contributed by atoms with Crippen LogP contribution in [0.4, 0.5) is 0 Å². The number of hydrogen-bond donors (Lipinski definition) is 1. The zero-order valence-electron chi connectivity index (χ0n) is 6.76. The van der Waals surface area contributed by atoms with E-state index in [-0.39, 0.29) is 1.43 Å². The lowest BCUT2D eigenvalue weighted by Crippen LogP contribution is -2.10. The minimum absolute atomic E-state index is 0. The monoisotopic (exact) mass is 146 g/mol. The summed E-state index contributed by atoms with van der Waals surface area (Å²) in [6.45, 7) is 2.64. The third kappa shape index (κ3) is 5.56. The van der Waals surface area contributed by atoms with Gasteiger partial charge in [-0.05, 0) is 33.0 Å². The van der Waals surface area contributed by atoms with Crippen molar-refractivity contribution in [3.05, 3.63) is 0 Å². The Balaban J connectivity index is 0. The first-order valence-corrected chi connectivity index (χ1v) is 3.60. The van der Waals surface area contributed by atoms with E-state index in [4.69, 9.17) is 4.79 Å². The Labute approximate surface area is 63.9 Å². The molecule has 0 saturated carbocycles. The van der Waals surface area contributed by atoms with E-state index in [1.807, 2.05) is 0 Å². The van der Waals surface area contributed by atoms with Gasteiger partial charge in [0, 0.05) is 8.47 Å². The number of carbonyl (C=O) groups is 1. The van der Waals surface area contributed by atoms with Crippen LogP contribution in [0.2, 0.25) is 0 Å². The van der Waals surface area contributed by atoms with Gasteiger partial charge in [-0.1, -0.05) is 0 Å². The highest BCUT2D eigenvalue weighted by atomic mass is 16.1. The number of amides is 1. The molecule has 3 nitrogen and oxygen atoms in total. The molecule has 0 aromatic heterocycles. The summed E-state index contributed by atoms with van der Waals surface area (Å²) in [4.78, 5) is 11.4. The van der Waals surface area contributed by atoms with Crippen LogP contribution in [0.5, 0.6) is 0 Å². The van der Waals surface area contributed by atoms with E-state index in [1.54, 1.807) is 7.05 Å². The van der Waals surface area contributed by atoms with Crippen LogP contribution in [-0.4, -0.2) is 38.5 Å². The van der Waals surface area contributed by atoms with Crippen molar-refractivity contribution in [1.82, 2.24) is 10.2 Å². The van der Waals surface area contributed by atoms with Crippen molar-refractivity contribution < 1.29 is 6.22 Å². The van der Waals surface area contributed by atoms with Gasteiger partial charge in [-0.25, -0.2) is 0 Å². The maximum absolute atomic E-state index is 9.06. The van der Waals surface area contributed by atoms with E-state index in [1.165, 1.54) is 25.9 Å². The Bertz CT molecular complexity index is 84.5. The van der Waals surface area contributed by atoms with Gasteiger partial charge in [0.2, 0.25) is 6.41 Å². The van der Waals surface area contributed by atoms with Gasteiger partial charge < -0.3 is 10.2 Å². The Morgan fingerprint density at radius 2 is 1.90 bits per heavy atom. The van der Waals surface area contributed by atoms with Crippen LogP contribution < -0.4 is 5.32 Å². The zero-order chi connectivity index (χ0) is 7.82. The fourth-order valence-electron chi connectivity index (χ4n) is 0.875. The molecule has 1 rings (SSSR count). The maximum Gasteiger partial charge on any atom is 0.206 e. The maximum atomic E-state index is 9.06. The Morgan fingerprint density at radius 1 is 1.50 bits per heavy atom. The molecule has 0 aliphatic carbocycles. The molecule has 0 unspecified atom stereocenters. The first kappa shape index (κ1) is 9.43. The predicted octanol–water partition coefficient (Wildman–Crippen LogP) is 0.320. The van der Waals surface area contributed by atoms with Crippen molar-refractivity contribution in [3.63, 3.8) is 0 Å². The van der Waals surface area contributed by atoms with Gasteiger partial charge in [0.15, 0.2) is 0 Å². The van der Waals surface area contributed by atoms with Gasteiger partial charge in [-0.3, -0.25) is 4.79 Å². The second kappa shape index (κ2) is 6.55. The van der Waals surface area contributed by atoms with E-state index in [0.717, 1.165) is 0 Å². The standard InChI is InChI=1S/C5H11N.C2H5NO.H2/c1-6-4-2-3-5-6;1-3-2-4;/h2-5H2,1H3;2H,1H3,(H,3,4);1H. The molecular weight excluding hydrogens is 128 g/mol. The summed E-state index contributed by atoms with van der Waals surface area (Å²) in [5, 5.41) is 2.25. The van der Waals surface area contributed by atoms with Crippen LogP contribution in [0, 0.1) is 0 Å². The number of nitrogens with one attached hydrogen (secondary N) is 1. The first-order chi connectivity index (χ1) is 4.81. The lowest BCUT2D eigenvalue weighted by Gasteiger charge is -2.01. The molecule has 3 heteroatoms. The van der Waals surface area contributed by atoms with Gasteiger partial charge >= 0.3 is 0 Å². The molecule has 1 N–H and O–H groups in total. The largest absolute Gasteiger partial charge is 0.362 e. The molecule has 1 saturated heterocycles. The Kier molecular flexibility index (Phi) is 6.18. The van der Waals surface area contributed by atoms with E-state index < -0.39 is 0 Å². The molecular formula is C7H18N2O. The highest BCUT2D eigenvalue weighted by Crippen LogP contribution is 2.01. The molecule has 0 radical (unpaired) electrons. The summed E-state index contributed by atoms with van der Waals surface area (Å²) >= 11 is 0. The van der Waals surface area contributed by atoms with E-state index >= 15 is 0 Å². The van der Waals surface area contributed by atoms with Crippen molar-refractivity contribution in [3.8, 4) is 0 Å². The van der Waals surface area contributed by atoms with Gasteiger partial charge in [-0.2, -0.15) is 0 Å². The van der Waals surface area contributed by atoms with Crippen LogP contribution in [-0.2, 0) is 4.79 Å². The highest BCUT2D eigenvalue weighted by molar-refractivity contribution is 5.44. The van der Waals surface area contributed by atoms with Crippen LogP contribution in [0.15, 0.2) is 0 Å². The van der Waals surface area contributed by atoms with E-state index in [2.05, 4.69) is 17.3 Å². The molecule has 1 aliphatic rings. The third-order valence-electron chi connectivity index (χ3n) is 1.45. The topological polar surface area (TPSA) is 32.3 Å². The average molecular weight is 146 g/mol. The molecule has 0 aromatic carbocycles. The normalized spacial score (nSPS) is 17.4. The second-order valence-electron chi connectivity index (χ2n) is 2.42. The van der Waals surface area contributed by atoms with Crippen LogP contribution in [0.25, 0.3) is 0 Å². The predicted molar refractivity (Wildman–Crippen MR) is 44.0 cm³/mol. The number of hydrogen-bond acceptors (Lipinski definition) is 2. The summed E-state index contributed by atoms with van der Waals surface area (Å²) in [7, 11) is 3.74. The summed E-state index contributed by atoms with van der Waals surface area (Å²) < 4.78 is 0. The van der Waals surface area contributed by atoms with E-state index in [9.17, 15) is 0 Å². The van der Waals surface area contributed by atoms with Gasteiger partial charge in [0.1, 0.15) is 0 Å². The minimum Gasteiger partial charge on any atom is -0.362 e. The van der Waals surface area contributed by atoms with Gasteiger partial charge in [-0.15, -0.1) is 0 Å². The lowest BCUT2D eigenvalue weighted by atomic mass is 10.4. The number of rotatable bonds is 1. The van der Waals surface area contributed by atoms with Crippen molar-refractivity contribution in [2.24, 2.45) is 0 Å². The van der Waals surface area contributed by atoms with Crippen molar-refractivity contribution in [2.75, 3.05) is 27.2 Å². The number of carbonyl (C=O) groups excluding carboxylic acids is 1. The van der Waals surface area contributed by atoms with Gasteiger partial charge in [0.05, 0.1) is 0 Å². The first-order valence-electron chi connectivity index (χ1n) is 3.60. The molecule has 0 atom stereocenters. The molecule has 1 heterocycles. The fraction of sp³-hybridized carbons (Fsp3) is 0.857. The number of likely N-dealkylation sites (tertiary alicyclic amines) is 1. The quantitative estimate of drug-likeness (QED) is 0.540. The highest BCUT2D eigenvalue weighted by Gasteiger charge is 2.03. The summed E-state index contributed by atoms with van der Waals surface area (Å²) in [5.41, 5.74) is 0. The molecule has 0 bridgehead atoms. The molecule has 62 valence electrons. The van der Waals surface area contributed by atoms with Crippen LogP contribution >= 0.6 is 0 Å². The second-order valence-corrected chi connectivity index (χ2v) is 2.42. The third-order valence-corrected chi connectivity index (χ3v) is 1.45. The van der Waals surface area contributed by atoms with Crippen LogP contribution in [0.3, 0.4) is 0 Å². The van der Waals surface area contributed by atoms with E-state index in [0.29, 0.717) is 6.41 Å². The molecule has 10 heavy (non-hydrogen) atoms. The molecule has 1 fully saturated rings. The fourth-order valence-corrected chi connectivity index (χ4v) is 0.875. The zero-order valence-corrected chi connectivity index (χ0v) is 6.76. The van der Waals surface area contributed by atoms with Gasteiger partial charge in [0.25, 0.3) is 0 Å². The SMILES string of the molecule is CN1CCCC1.CNC=O.[HH]. The number of nitrogens with zero attached hydrogens (tertiary/aromatic N) is 1. The Hall–Kier alpha value is -0.570. The molecule has 1 amide bonds. The molecule has 0 spiro atoms. The smallest absolute Gasteiger partial charge is 0.206 e. The summed E-state index contributed by atoms with van der Waals surface area (Å²) in [5.74, 6) is 0. The van der Waals surface area contributed by atoms with Crippen molar-refractivity contribution >= 4 is 6.41 Å². The van der Waals surface area contributed by atoms with Crippen molar-refractivity contribution in [1.29, 1.82) is 0 Å². The lowest BCUT2D eigenvalue weighted by molar-refractivity contribution is -0.109.